The lowest BCUT2D eigenvalue weighted by atomic mass is 10.3. The summed E-state index contributed by atoms with van der Waals surface area (Å²) in [5.74, 6) is 0.842. The predicted molar refractivity (Wildman–Crippen MR) is 84.2 cm³/mol. The summed E-state index contributed by atoms with van der Waals surface area (Å²) in [6.45, 7) is 2.67. The third-order valence-electron chi connectivity index (χ3n) is 2.61. The number of anilines is 4. The smallest absolute Gasteiger partial charge is 0.249 e. The molecule has 8 heteroatoms. The number of benzene rings is 1. The number of methoxy groups -OCH3 is 1. The van der Waals surface area contributed by atoms with Gasteiger partial charge in [-0.15, -0.1) is 5.10 Å². The molecule has 2 aromatic rings. The lowest BCUT2D eigenvalue weighted by Crippen LogP contribution is -2.10. The molecule has 0 aliphatic carbocycles. The van der Waals surface area contributed by atoms with E-state index in [4.69, 9.17) is 4.74 Å². The predicted octanol–water partition coefficient (Wildman–Crippen LogP) is 1.63. The Kier molecular flexibility index (Phi) is 5.61. The van der Waals surface area contributed by atoms with E-state index in [2.05, 4.69) is 31.1 Å². The van der Waals surface area contributed by atoms with Crippen LogP contribution in [0, 0.1) is 0 Å². The molecule has 3 N–H and O–H groups in total. The topological polar surface area (TPSA) is 101 Å². The van der Waals surface area contributed by atoms with Crippen LogP contribution in [-0.2, 0) is 9.53 Å². The molecule has 0 bridgehead atoms. The number of ether oxygens (including phenoxy) is 1. The molecule has 0 radical (unpaired) electrons. The van der Waals surface area contributed by atoms with Crippen molar-refractivity contribution in [2.24, 2.45) is 0 Å². The van der Waals surface area contributed by atoms with E-state index in [1.165, 1.54) is 13.1 Å². The Morgan fingerprint density at radius 1 is 1.32 bits per heavy atom. The van der Waals surface area contributed by atoms with Crippen molar-refractivity contribution < 1.29 is 9.53 Å². The van der Waals surface area contributed by atoms with Crippen molar-refractivity contribution in [3.05, 3.63) is 30.5 Å². The summed E-state index contributed by atoms with van der Waals surface area (Å²) in [5.41, 5.74) is 1.45. The second kappa shape index (κ2) is 7.89. The molecular weight excluding hydrogens is 284 g/mol. The number of aromatic nitrogens is 3. The number of amides is 1. The first kappa shape index (κ1) is 15.6. The second-order valence-corrected chi connectivity index (χ2v) is 4.47. The second-order valence-electron chi connectivity index (χ2n) is 4.47. The van der Waals surface area contributed by atoms with E-state index >= 15 is 0 Å². The first-order chi connectivity index (χ1) is 10.7. The largest absolute Gasteiger partial charge is 0.383 e. The van der Waals surface area contributed by atoms with Crippen molar-refractivity contribution in [1.29, 1.82) is 0 Å². The lowest BCUT2D eigenvalue weighted by molar-refractivity contribution is -0.114. The molecule has 22 heavy (non-hydrogen) atoms. The molecule has 0 saturated heterocycles. The van der Waals surface area contributed by atoms with Crippen molar-refractivity contribution in [3.63, 3.8) is 0 Å². The Morgan fingerprint density at radius 2 is 2.14 bits per heavy atom. The standard InChI is InChI=1S/C14H18N6O2/c1-10(21)17-11-4-3-5-12(8-11)18-14-19-13(9-16-20-14)15-6-7-22-2/h3-5,8-9H,6-7H2,1-2H3,(H,17,21)(H2,15,18,19,20). The maximum absolute atomic E-state index is 11.1. The molecule has 0 atom stereocenters. The van der Waals surface area contributed by atoms with Crippen LogP contribution in [0.2, 0.25) is 0 Å². The van der Waals surface area contributed by atoms with Crippen LogP contribution in [0.4, 0.5) is 23.1 Å². The van der Waals surface area contributed by atoms with Gasteiger partial charge in [-0.25, -0.2) is 0 Å². The SMILES string of the molecule is COCCNc1cnnc(Nc2cccc(NC(C)=O)c2)n1. The van der Waals surface area contributed by atoms with E-state index in [0.717, 1.165) is 5.69 Å². The normalized spacial score (nSPS) is 10.1. The minimum atomic E-state index is -0.126. The Bertz CT molecular complexity index is 634. The van der Waals surface area contributed by atoms with Gasteiger partial charge in [-0.05, 0) is 18.2 Å². The molecule has 116 valence electrons. The average molecular weight is 302 g/mol. The zero-order valence-corrected chi connectivity index (χ0v) is 12.5. The third kappa shape index (κ3) is 4.98. The minimum Gasteiger partial charge on any atom is -0.383 e. The Balaban J connectivity index is 2.03. The van der Waals surface area contributed by atoms with Crippen molar-refractivity contribution in [2.45, 2.75) is 6.92 Å². The van der Waals surface area contributed by atoms with Crippen LogP contribution in [0.25, 0.3) is 0 Å². The Labute approximate surface area is 128 Å². The van der Waals surface area contributed by atoms with Crippen LogP contribution < -0.4 is 16.0 Å². The van der Waals surface area contributed by atoms with E-state index in [9.17, 15) is 4.79 Å². The molecule has 2 rings (SSSR count). The molecule has 0 unspecified atom stereocenters. The maximum Gasteiger partial charge on any atom is 0.249 e. The van der Waals surface area contributed by atoms with Crippen LogP contribution in [0.5, 0.6) is 0 Å². The van der Waals surface area contributed by atoms with E-state index in [0.29, 0.717) is 30.6 Å². The van der Waals surface area contributed by atoms with Gasteiger partial charge in [0.05, 0.1) is 12.8 Å². The third-order valence-corrected chi connectivity index (χ3v) is 2.61. The molecule has 0 aliphatic rings. The molecule has 1 heterocycles. The fraction of sp³-hybridized carbons (Fsp3) is 0.286. The van der Waals surface area contributed by atoms with Gasteiger partial charge in [-0.3, -0.25) is 4.79 Å². The van der Waals surface area contributed by atoms with Gasteiger partial charge in [0, 0.05) is 32.0 Å². The van der Waals surface area contributed by atoms with Crippen LogP contribution in [0.3, 0.4) is 0 Å². The van der Waals surface area contributed by atoms with Crippen LogP contribution in [-0.4, -0.2) is 41.3 Å². The summed E-state index contributed by atoms with van der Waals surface area (Å²) >= 11 is 0. The van der Waals surface area contributed by atoms with Gasteiger partial charge >= 0.3 is 0 Å². The van der Waals surface area contributed by atoms with Crippen molar-refractivity contribution in [3.8, 4) is 0 Å². The molecule has 8 nitrogen and oxygen atoms in total. The summed E-state index contributed by atoms with van der Waals surface area (Å²) < 4.78 is 4.96. The highest BCUT2D eigenvalue weighted by Gasteiger charge is 2.02. The highest BCUT2D eigenvalue weighted by molar-refractivity contribution is 5.89. The molecule has 0 aliphatic heterocycles. The van der Waals surface area contributed by atoms with E-state index < -0.39 is 0 Å². The van der Waals surface area contributed by atoms with Gasteiger partial charge in [0.2, 0.25) is 11.9 Å². The van der Waals surface area contributed by atoms with Gasteiger partial charge in [-0.1, -0.05) is 6.07 Å². The zero-order valence-electron chi connectivity index (χ0n) is 12.5. The number of carbonyl (C=O) groups excluding carboxylic acids is 1. The monoisotopic (exact) mass is 302 g/mol. The molecular formula is C14H18N6O2. The van der Waals surface area contributed by atoms with Crippen LogP contribution in [0.15, 0.2) is 30.5 Å². The van der Waals surface area contributed by atoms with E-state index in [1.54, 1.807) is 19.2 Å². The summed E-state index contributed by atoms with van der Waals surface area (Å²) in [6, 6.07) is 7.26. The quantitative estimate of drug-likeness (QED) is 0.668. The van der Waals surface area contributed by atoms with Gasteiger partial charge in [-0.2, -0.15) is 10.1 Å². The maximum atomic E-state index is 11.1. The number of carbonyl (C=O) groups is 1. The van der Waals surface area contributed by atoms with Crippen molar-refractivity contribution in [1.82, 2.24) is 15.2 Å². The number of hydrogen-bond acceptors (Lipinski definition) is 7. The summed E-state index contributed by atoms with van der Waals surface area (Å²) in [7, 11) is 1.63. The van der Waals surface area contributed by atoms with Crippen LogP contribution in [0.1, 0.15) is 6.92 Å². The summed E-state index contributed by atoms with van der Waals surface area (Å²) in [6.07, 6.45) is 1.54. The molecule has 1 aromatic carbocycles. The minimum absolute atomic E-state index is 0.126. The Hall–Kier alpha value is -2.74. The van der Waals surface area contributed by atoms with Gasteiger partial charge in [0.1, 0.15) is 0 Å². The van der Waals surface area contributed by atoms with Crippen LogP contribution >= 0.6 is 0 Å². The van der Waals surface area contributed by atoms with Crippen molar-refractivity contribution in [2.75, 3.05) is 36.2 Å². The molecule has 0 fully saturated rings. The first-order valence-electron chi connectivity index (χ1n) is 6.74. The summed E-state index contributed by atoms with van der Waals surface area (Å²) in [5, 5.41) is 16.6. The van der Waals surface area contributed by atoms with E-state index in [1.807, 2.05) is 12.1 Å². The van der Waals surface area contributed by atoms with Crippen molar-refractivity contribution >= 4 is 29.0 Å². The first-order valence-corrected chi connectivity index (χ1v) is 6.74. The zero-order chi connectivity index (χ0) is 15.8. The summed E-state index contributed by atoms with van der Waals surface area (Å²) in [4.78, 5) is 15.4. The van der Waals surface area contributed by atoms with Gasteiger partial charge in [0.25, 0.3) is 0 Å². The average Bonchev–Trinajstić information content (AvgIpc) is 2.47. The number of nitrogens with one attached hydrogen (secondary N) is 3. The van der Waals surface area contributed by atoms with E-state index in [-0.39, 0.29) is 5.91 Å². The lowest BCUT2D eigenvalue weighted by Gasteiger charge is -2.08. The highest BCUT2D eigenvalue weighted by Crippen LogP contribution is 2.18. The number of hydrogen-bond donors (Lipinski definition) is 3. The Morgan fingerprint density at radius 3 is 2.91 bits per heavy atom. The number of nitrogens with zero attached hydrogens (tertiary/aromatic N) is 3. The number of rotatable bonds is 7. The highest BCUT2D eigenvalue weighted by atomic mass is 16.5. The fourth-order valence-corrected chi connectivity index (χ4v) is 1.73. The molecule has 0 spiro atoms. The molecule has 0 saturated carbocycles. The van der Waals surface area contributed by atoms with Gasteiger partial charge in [0.15, 0.2) is 5.82 Å². The molecule has 1 amide bonds. The fourth-order valence-electron chi connectivity index (χ4n) is 1.73. The molecule has 1 aromatic heterocycles. The van der Waals surface area contributed by atoms with Gasteiger partial charge < -0.3 is 20.7 Å².